The number of halogens is 1. The molecular weight excluding hydrogens is 312 g/mol. The number of benzene rings is 1. The van der Waals surface area contributed by atoms with Crippen molar-refractivity contribution in [1.29, 1.82) is 0 Å². The molecule has 5 nitrogen and oxygen atoms in total. The zero-order chi connectivity index (χ0) is 14.0. The number of likely N-dealkylation sites (tertiary alicyclic amines) is 1. The number of nitrogen functional groups attached to an aromatic ring is 1. The van der Waals surface area contributed by atoms with Crippen LogP contribution in [0.4, 0.5) is 5.69 Å². The van der Waals surface area contributed by atoms with Gasteiger partial charge in [-0.25, -0.2) is 0 Å². The Labute approximate surface area is 119 Å². The third kappa shape index (κ3) is 3.07. The number of piperidine rings is 1. The first-order valence-electron chi connectivity index (χ1n) is 6.06. The Bertz CT molecular complexity index is 519. The maximum absolute atomic E-state index is 12.3. The van der Waals surface area contributed by atoms with Crippen LogP contribution in [0.5, 0.6) is 0 Å². The van der Waals surface area contributed by atoms with Crippen LogP contribution in [0.3, 0.4) is 0 Å². The zero-order valence-electron chi connectivity index (χ0n) is 10.3. The molecule has 0 aliphatic carbocycles. The molecule has 6 heteroatoms. The first kappa shape index (κ1) is 13.9. The summed E-state index contributed by atoms with van der Waals surface area (Å²) in [7, 11) is 0. The fraction of sp³-hybridized carbons (Fsp3) is 0.385. The highest BCUT2D eigenvalue weighted by atomic mass is 79.9. The first-order chi connectivity index (χ1) is 8.99. The molecule has 2 rings (SSSR count). The van der Waals surface area contributed by atoms with Crippen LogP contribution in [0, 0.1) is 5.92 Å². The van der Waals surface area contributed by atoms with E-state index in [1.54, 1.807) is 23.1 Å². The lowest BCUT2D eigenvalue weighted by Crippen LogP contribution is -2.42. The van der Waals surface area contributed by atoms with E-state index in [1.165, 1.54) is 0 Å². The first-order valence-corrected chi connectivity index (χ1v) is 6.85. The third-order valence-corrected chi connectivity index (χ3v) is 3.99. The summed E-state index contributed by atoms with van der Waals surface area (Å²) in [4.78, 5) is 24.9. The van der Waals surface area contributed by atoms with Gasteiger partial charge in [0.05, 0.1) is 5.92 Å². The molecule has 102 valence electrons. The van der Waals surface area contributed by atoms with Crippen LogP contribution < -0.4 is 5.73 Å². The van der Waals surface area contributed by atoms with Gasteiger partial charge in [-0.15, -0.1) is 0 Å². The van der Waals surface area contributed by atoms with Crippen LogP contribution >= 0.6 is 15.9 Å². The van der Waals surface area contributed by atoms with Gasteiger partial charge in [0.25, 0.3) is 5.91 Å². The van der Waals surface area contributed by atoms with Crippen molar-refractivity contribution in [2.45, 2.75) is 12.8 Å². The van der Waals surface area contributed by atoms with Crippen molar-refractivity contribution in [3.05, 3.63) is 28.2 Å². The van der Waals surface area contributed by atoms with Crippen LogP contribution in [0.1, 0.15) is 23.2 Å². The number of nitrogens with zero attached hydrogens (tertiary/aromatic N) is 1. The van der Waals surface area contributed by atoms with Gasteiger partial charge in [-0.05, 0) is 47.0 Å². The molecule has 1 aliphatic heterocycles. The van der Waals surface area contributed by atoms with E-state index in [2.05, 4.69) is 15.9 Å². The van der Waals surface area contributed by atoms with Gasteiger partial charge in [0.2, 0.25) is 0 Å². The monoisotopic (exact) mass is 326 g/mol. The summed E-state index contributed by atoms with van der Waals surface area (Å²) >= 11 is 3.28. The Morgan fingerprint density at radius 1 is 1.42 bits per heavy atom. The predicted molar refractivity (Wildman–Crippen MR) is 74.8 cm³/mol. The molecule has 1 fully saturated rings. The van der Waals surface area contributed by atoms with Gasteiger partial charge >= 0.3 is 5.97 Å². The third-order valence-electron chi connectivity index (χ3n) is 3.31. The lowest BCUT2D eigenvalue weighted by Gasteiger charge is -2.30. The van der Waals surface area contributed by atoms with Crippen molar-refractivity contribution in [1.82, 2.24) is 4.90 Å². The van der Waals surface area contributed by atoms with Gasteiger partial charge in [-0.3, -0.25) is 9.59 Å². The fourth-order valence-electron chi connectivity index (χ4n) is 2.21. The van der Waals surface area contributed by atoms with E-state index in [4.69, 9.17) is 10.8 Å². The molecule has 0 aromatic heterocycles. The van der Waals surface area contributed by atoms with Crippen LogP contribution in [-0.2, 0) is 4.79 Å². The molecule has 3 N–H and O–H groups in total. The van der Waals surface area contributed by atoms with E-state index in [1.807, 2.05) is 0 Å². The summed E-state index contributed by atoms with van der Waals surface area (Å²) < 4.78 is 0.671. The van der Waals surface area contributed by atoms with Crippen molar-refractivity contribution < 1.29 is 14.7 Å². The van der Waals surface area contributed by atoms with E-state index in [-0.39, 0.29) is 12.5 Å². The van der Waals surface area contributed by atoms with Gasteiger partial charge in [0, 0.05) is 28.8 Å². The van der Waals surface area contributed by atoms with Gasteiger partial charge in [-0.2, -0.15) is 0 Å². The van der Waals surface area contributed by atoms with Crippen LogP contribution in [0.15, 0.2) is 22.7 Å². The highest BCUT2D eigenvalue weighted by molar-refractivity contribution is 9.10. The van der Waals surface area contributed by atoms with Gasteiger partial charge in [0.1, 0.15) is 0 Å². The second kappa shape index (κ2) is 5.61. The molecule has 1 atom stereocenters. The quantitative estimate of drug-likeness (QED) is 0.814. The highest BCUT2D eigenvalue weighted by Crippen LogP contribution is 2.23. The number of carbonyl (C=O) groups is 2. The second-order valence-corrected chi connectivity index (χ2v) is 5.52. The van der Waals surface area contributed by atoms with Crippen molar-refractivity contribution >= 4 is 33.5 Å². The van der Waals surface area contributed by atoms with Crippen molar-refractivity contribution in [3.8, 4) is 0 Å². The number of rotatable bonds is 2. The Kier molecular flexibility index (Phi) is 4.09. The molecule has 0 bridgehead atoms. The minimum Gasteiger partial charge on any atom is -0.481 e. The molecule has 1 amide bonds. The number of hydrogen-bond acceptors (Lipinski definition) is 3. The molecule has 1 aliphatic rings. The molecular formula is C13H15BrN2O3. The molecule has 1 heterocycles. The van der Waals surface area contributed by atoms with Gasteiger partial charge in [-0.1, -0.05) is 0 Å². The van der Waals surface area contributed by atoms with Crippen molar-refractivity contribution in [2.24, 2.45) is 5.92 Å². The predicted octanol–water partition coefficient (Wildman–Crippen LogP) is 1.97. The molecule has 1 aromatic rings. The largest absolute Gasteiger partial charge is 0.481 e. The Morgan fingerprint density at radius 2 is 2.16 bits per heavy atom. The normalized spacial score (nSPS) is 19.2. The fourth-order valence-corrected chi connectivity index (χ4v) is 2.58. The summed E-state index contributed by atoms with van der Waals surface area (Å²) in [6, 6.07) is 4.99. The summed E-state index contributed by atoms with van der Waals surface area (Å²) in [5, 5.41) is 9.03. The summed E-state index contributed by atoms with van der Waals surface area (Å²) in [6.07, 6.45) is 1.35. The van der Waals surface area contributed by atoms with Crippen LogP contribution in [-0.4, -0.2) is 35.0 Å². The maximum Gasteiger partial charge on any atom is 0.308 e. The minimum absolute atomic E-state index is 0.147. The number of aliphatic carboxylic acids is 1. The van der Waals surface area contributed by atoms with Gasteiger partial charge < -0.3 is 15.7 Å². The molecule has 0 spiro atoms. The number of amides is 1. The highest BCUT2D eigenvalue weighted by Gasteiger charge is 2.28. The molecule has 1 unspecified atom stereocenters. The van der Waals surface area contributed by atoms with E-state index in [0.717, 1.165) is 6.42 Å². The lowest BCUT2D eigenvalue weighted by molar-refractivity contribution is -0.143. The maximum atomic E-state index is 12.3. The Balaban J connectivity index is 2.14. The van der Waals surface area contributed by atoms with Gasteiger partial charge in [0.15, 0.2) is 0 Å². The molecule has 1 saturated heterocycles. The van der Waals surface area contributed by atoms with Crippen molar-refractivity contribution in [3.63, 3.8) is 0 Å². The van der Waals surface area contributed by atoms with E-state index in [9.17, 15) is 9.59 Å². The topological polar surface area (TPSA) is 83.6 Å². The number of anilines is 1. The van der Waals surface area contributed by atoms with E-state index < -0.39 is 11.9 Å². The zero-order valence-corrected chi connectivity index (χ0v) is 11.9. The smallest absolute Gasteiger partial charge is 0.308 e. The van der Waals surface area contributed by atoms with Crippen molar-refractivity contribution in [2.75, 3.05) is 18.8 Å². The Hall–Kier alpha value is -1.56. The second-order valence-electron chi connectivity index (χ2n) is 4.66. The van der Waals surface area contributed by atoms with E-state index >= 15 is 0 Å². The number of hydrogen-bond donors (Lipinski definition) is 2. The molecule has 19 heavy (non-hydrogen) atoms. The minimum atomic E-state index is -0.837. The summed E-state index contributed by atoms with van der Waals surface area (Å²) in [5.74, 6) is -1.45. The number of carbonyl (C=O) groups excluding carboxylic acids is 1. The summed E-state index contributed by atoms with van der Waals surface area (Å²) in [5.41, 5.74) is 6.77. The number of nitrogens with two attached hydrogens (primary N) is 1. The average molecular weight is 327 g/mol. The molecule has 0 saturated carbocycles. The summed E-state index contributed by atoms with van der Waals surface area (Å²) in [6.45, 7) is 0.876. The number of carboxylic acid groups (broad SMARTS) is 1. The standard InChI is InChI=1S/C13H15BrN2O3/c14-10-6-8(3-4-11(10)15)12(17)16-5-1-2-9(7-16)13(18)19/h3-4,6,9H,1-2,5,7,15H2,(H,18,19). The van der Waals surface area contributed by atoms with E-state index in [0.29, 0.717) is 28.7 Å². The Morgan fingerprint density at radius 3 is 2.79 bits per heavy atom. The lowest BCUT2D eigenvalue weighted by atomic mass is 9.97. The van der Waals surface area contributed by atoms with Crippen LogP contribution in [0.25, 0.3) is 0 Å². The van der Waals surface area contributed by atoms with Crippen LogP contribution in [0.2, 0.25) is 0 Å². The SMILES string of the molecule is Nc1ccc(C(=O)N2CCCC(C(=O)O)C2)cc1Br. The average Bonchev–Trinajstić information content (AvgIpc) is 2.41. The number of carboxylic acids is 1. The molecule has 0 radical (unpaired) electrons. The molecule has 1 aromatic carbocycles.